The topological polar surface area (TPSA) is 93.0 Å². The van der Waals surface area contributed by atoms with E-state index < -0.39 is 35.0 Å². The van der Waals surface area contributed by atoms with Crippen molar-refractivity contribution in [2.45, 2.75) is 0 Å². The predicted octanol–water partition coefficient (Wildman–Crippen LogP) is 2.38. The van der Waals surface area contributed by atoms with Gasteiger partial charge in [0.25, 0.3) is 11.6 Å². The van der Waals surface area contributed by atoms with E-state index in [1.807, 2.05) is 4.90 Å². The molecule has 0 aromatic heterocycles. The number of rotatable bonds is 5. The third-order valence-electron chi connectivity index (χ3n) is 4.48. The molecule has 2 aromatic rings. The molecule has 0 bridgehead atoms. The van der Waals surface area contributed by atoms with Crippen LogP contribution in [0.4, 0.5) is 20.2 Å². The first-order valence-electron chi connectivity index (χ1n) is 8.74. The molecule has 1 amide bonds. The fraction of sp³-hybridized carbons (Fsp3) is 0.263. The highest BCUT2D eigenvalue weighted by Gasteiger charge is 2.23. The van der Waals surface area contributed by atoms with Crippen LogP contribution in [0.3, 0.4) is 0 Å². The van der Waals surface area contributed by atoms with Crippen molar-refractivity contribution in [2.75, 3.05) is 37.7 Å². The lowest BCUT2D eigenvalue weighted by atomic mass is 10.2. The van der Waals surface area contributed by atoms with E-state index in [0.29, 0.717) is 32.2 Å². The fourth-order valence-corrected chi connectivity index (χ4v) is 2.97. The number of nitro benzene ring substituents is 1. The highest BCUT2D eigenvalue weighted by atomic mass is 19.1. The molecule has 0 aliphatic carbocycles. The van der Waals surface area contributed by atoms with Crippen LogP contribution in [0.2, 0.25) is 0 Å². The van der Waals surface area contributed by atoms with Crippen molar-refractivity contribution in [3.05, 3.63) is 69.8 Å². The zero-order valence-electron chi connectivity index (χ0n) is 15.2. The van der Waals surface area contributed by atoms with Crippen LogP contribution in [0.5, 0.6) is 0 Å². The van der Waals surface area contributed by atoms with Crippen molar-refractivity contribution in [3.63, 3.8) is 0 Å². The van der Waals surface area contributed by atoms with Gasteiger partial charge in [-0.25, -0.2) is 13.6 Å². The number of amides is 1. The van der Waals surface area contributed by atoms with Gasteiger partial charge in [-0.2, -0.15) is 0 Å². The van der Waals surface area contributed by atoms with E-state index in [9.17, 15) is 28.5 Å². The van der Waals surface area contributed by atoms with E-state index in [1.165, 1.54) is 17.0 Å². The molecule has 29 heavy (non-hydrogen) atoms. The van der Waals surface area contributed by atoms with Crippen LogP contribution in [0, 0.1) is 21.7 Å². The van der Waals surface area contributed by atoms with E-state index in [2.05, 4.69) is 0 Å². The highest BCUT2D eigenvalue weighted by Crippen LogP contribution is 2.20. The first-order valence-corrected chi connectivity index (χ1v) is 8.74. The van der Waals surface area contributed by atoms with E-state index in [-0.39, 0.29) is 11.3 Å². The van der Waals surface area contributed by atoms with Gasteiger partial charge in [-0.15, -0.1) is 0 Å². The Bertz CT molecular complexity index is 908. The maximum Gasteiger partial charge on any atom is 0.338 e. The Balaban J connectivity index is 1.49. The Labute approximate surface area is 164 Å². The number of hydrogen-bond acceptors (Lipinski definition) is 6. The number of anilines is 1. The first kappa shape index (κ1) is 20.2. The fourth-order valence-electron chi connectivity index (χ4n) is 2.97. The van der Waals surface area contributed by atoms with E-state index in [4.69, 9.17) is 4.74 Å². The van der Waals surface area contributed by atoms with Gasteiger partial charge >= 0.3 is 5.97 Å². The van der Waals surface area contributed by atoms with Crippen molar-refractivity contribution in [1.82, 2.24) is 4.90 Å². The number of nitrogens with zero attached hydrogens (tertiary/aromatic N) is 3. The quantitative estimate of drug-likeness (QED) is 0.431. The summed E-state index contributed by atoms with van der Waals surface area (Å²) in [7, 11) is 0. The summed E-state index contributed by atoms with van der Waals surface area (Å²) in [5.41, 5.74) is 0.503. The maximum absolute atomic E-state index is 13.2. The molecule has 1 aliphatic heterocycles. The van der Waals surface area contributed by atoms with Gasteiger partial charge in [0.2, 0.25) is 0 Å². The summed E-state index contributed by atoms with van der Waals surface area (Å²) in [5, 5.41) is 10.7. The highest BCUT2D eigenvalue weighted by molar-refractivity contribution is 5.91. The van der Waals surface area contributed by atoms with Crippen LogP contribution < -0.4 is 4.90 Å². The molecular formula is C19H17F2N3O5. The number of carbonyl (C=O) groups excluding carboxylic acids is 2. The van der Waals surface area contributed by atoms with Crippen molar-refractivity contribution < 1.29 is 28.0 Å². The third kappa shape index (κ3) is 5.03. The minimum absolute atomic E-state index is 0.00237. The number of halogens is 2. The van der Waals surface area contributed by atoms with Gasteiger partial charge in [0.1, 0.15) is 11.6 Å². The molecule has 0 radical (unpaired) electrons. The monoisotopic (exact) mass is 405 g/mol. The lowest BCUT2D eigenvalue weighted by Gasteiger charge is -2.36. The molecule has 1 fully saturated rings. The first-order chi connectivity index (χ1) is 13.8. The van der Waals surface area contributed by atoms with Crippen LogP contribution >= 0.6 is 0 Å². The lowest BCUT2D eigenvalue weighted by Crippen LogP contribution is -2.49. The molecule has 8 nitrogen and oxygen atoms in total. The average Bonchev–Trinajstić information content (AvgIpc) is 2.71. The Hall–Kier alpha value is -3.56. The Morgan fingerprint density at radius 1 is 1.00 bits per heavy atom. The molecule has 3 rings (SSSR count). The van der Waals surface area contributed by atoms with Crippen molar-refractivity contribution in [2.24, 2.45) is 0 Å². The standard InChI is InChI=1S/C19H17F2N3O5/c20-14-9-13(10-15(21)11-14)19(26)29-12-18(25)23-7-5-22(6-8-23)16-1-3-17(4-2-16)24(27)28/h1-4,9-11H,5-8,12H2. The minimum atomic E-state index is -0.985. The molecule has 1 aliphatic rings. The Morgan fingerprint density at radius 3 is 2.14 bits per heavy atom. The summed E-state index contributed by atoms with van der Waals surface area (Å²) in [4.78, 5) is 37.8. The van der Waals surface area contributed by atoms with E-state index >= 15 is 0 Å². The number of non-ortho nitro benzene ring substituents is 1. The van der Waals surface area contributed by atoms with Crippen molar-refractivity contribution in [1.29, 1.82) is 0 Å². The summed E-state index contributed by atoms with van der Waals surface area (Å²) in [5.74, 6) is -3.23. The molecule has 2 aromatic carbocycles. The molecule has 10 heteroatoms. The lowest BCUT2D eigenvalue weighted by molar-refractivity contribution is -0.384. The molecule has 0 atom stereocenters. The van der Waals surface area contributed by atoms with E-state index in [0.717, 1.165) is 17.8 Å². The second-order valence-corrected chi connectivity index (χ2v) is 6.38. The number of nitro groups is 1. The number of ether oxygens (including phenoxy) is 1. The van der Waals surface area contributed by atoms with Crippen molar-refractivity contribution in [3.8, 4) is 0 Å². The van der Waals surface area contributed by atoms with Gasteiger partial charge in [-0.1, -0.05) is 0 Å². The van der Waals surface area contributed by atoms with E-state index in [1.54, 1.807) is 12.1 Å². The van der Waals surface area contributed by atoms with Gasteiger partial charge < -0.3 is 14.5 Å². The average molecular weight is 405 g/mol. The maximum atomic E-state index is 13.2. The second kappa shape index (κ2) is 8.63. The molecule has 1 heterocycles. The third-order valence-corrected chi connectivity index (χ3v) is 4.48. The molecule has 0 saturated carbocycles. The zero-order chi connectivity index (χ0) is 21.0. The summed E-state index contributed by atoms with van der Waals surface area (Å²) >= 11 is 0. The number of esters is 1. The molecule has 1 saturated heterocycles. The number of hydrogen-bond donors (Lipinski definition) is 0. The molecule has 0 unspecified atom stereocenters. The zero-order valence-corrected chi connectivity index (χ0v) is 15.2. The van der Waals surface area contributed by atoms with Crippen molar-refractivity contribution >= 4 is 23.3 Å². The molecule has 0 N–H and O–H groups in total. The van der Waals surface area contributed by atoms with Gasteiger partial charge in [0.05, 0.1) is 10.5 Å². The molecule has 0 spiro atoms. The summed E-state index contributed by atoms with van der Waals surface area (Å²) in [6.07, 6.45) is 0. The summed E-state index contributed by atoms with van der Waals surface area (Å²) < 4.78 is 31.2. The van der Waals surface area contributed by atoms with Gasteiger partial charge in [-0.3, -0.25) is 14.9 Å². The van der Waals surface area contributed by atoms with Crippen LogP contribution in [0.1, 0.15) is 10.4 Å². The number of piperazine rings is 1. The van der Waals surface area contributed by atoms with Gasteiger partial charge in [0, 0.05) is 50.1 Å². The normalized spacial score (nSPS) is 13.9. The largest absolute Gasteiger partial charge is 0.452 e. The number of carbonyl (C=O) groups is 2. The predicted molar refractivity (Wildman–Crippen MR) is 98.5 cm³/mol. The SMILES string of the molecule is O=C(OCC(=O)N1CCN(c2ccc([N+](=O)[O-])cc2)CC1)c1cc(F)cc(F)c1. The minimum Gasteiger partial charge on any atom is -0.452 e. The molecule has 152 valence electrons. The smallest absolute Gasteiger partial charge is 0.338 e. The van der Waals surface area contributed by atoms with Gasteiger partial charge in [-0.05, 0) is 24.3 Å². The molecular weight excluding hydrogens is 388 g/mol. The summed E-state index contributed by atoms with van der Waals surface area (Å²) in [6, 6.07) is 8.43. The van der Waals surface area contributed by atoms with Crippen LogP contribution in [-0.2, 0) is 9.53 Å². The van der Waals surface area contributed by atoms with Crippen LogP contribution in [-0.4, -0.2) is 54.5 Å². The Morgan fingerprint density at radius 2 is 1.59 bits per heavy atom. The van der Waals surface area contributed by atoms with Gasteiger partial charge in [0.15, 0.2) is 6.61 Å². The number of benzene rings is 2. The van der Waals surface area contributed by atoms with Crippen LogP contribution in [0.15, 0.2) is 42.5 Å². The van der Waals surface area contributed by atoms with Crippen LogP contribution in [0.25, 0.3) is 0 Å². The Kier molecular flexibility index (Phi) is 6.01. The summed E-state index contributed by atoms with van der Waals surface area (Å²) in [6.45, 7) is 1.23. The second-order valence-electron chi connectivity index (χ2n) is 6.38.